The van der Waals surface area contributed by atoms with E-state index in [4.69, 9.17) is 15.2 Å². The lowest BCUT2D eigenvalue weighted by molar-refractivity contribution is -0.119. The van der Waals surface area contributed by atoms with E-state index in [-0.39, 0.29) is 25.4 Å². The topological polar surface area (TPSA) is 91.5 Å². The Hall–Kier alpha value is -4.03. The Balaban J connectivity index is 1.50. The molecule has 1 atom stereocenters. The van der Waals surface area contributed by atoms with Crippen molar-refractivity contribution in [3.05, 3.63) is 107 Å². The summed E-state index contributed by atoms with van der Waals surface area (Å²) in [5.41, 5.74) is 9.95. The molecular weight excluding hydrogens is 440 g/mol. The zero-order valence-corrected chi connectivity index (χ0v) is 19.9. The number of ketones is 1. The molecule has 4 aromatic rings. The summed E-state index contributed by atoms with van der Waals surface area (Å²) < 4.78 is 11.0. The van der Waals surface area contributed by atoms with E-state index >= 15 is 0 Å². The van der Waals surface area contributed by atoms with E-state index in [2.05, 4.69) is 4.98 Å². The summed E-state index contributed by atoms with van der Waals surface area (Å²) in [6.45, 7) is 2.15. The monoisotopic (exact) mass is 468 g/mol. The number of ether oxygens (including phenoxy) is 2. The number of hydrogen-bond donors (Lipinski definition) is 1. The van der Waals surface area contributed by atoms with Crippen molar-refractivity contribution in [2.45, 2.75) is 25.9 Å². The van der Waals surface area contributed by atoms with E-state index in [1.54, 1.807) is 37.7 Å². The summed E-state index contributed by atoms with van der Waals surface area (Å²) in [5.74, 6) is -0.304. The second kappa shape index (κ2) is 10.9. The average molecular weight is 469 g/mol. The molecule has 0 saturated carbocycles. The summed E-state index contributed by atoms with van der Waals surface area (Å²) >= 11 is 0. The number of fused-ring (bicyclic) bond motifs is 1. The molecule has 3 aromatic carbocycles. The van der Waals surface area contributed by atoms with Gasteiger partial charge >= 0.3 is 5.97 Å². The van der Waals surface area contributed by atoms with Crippen molar-refractivity contribution in [1.82, 2.24) is 4.98 Å². The number of methoxy groups -OCH3 is 1. The third-order valence-corrected chi connectivity index (χ3v) is 6.06. The highest BCUT2D eigenvalue weighted by atomic mass is 16.5. The van der Waals surface area contributed by atoms with Crippen molar-refractivity contribution >= 4 is 22.5 Å². The van der Waals surface area contributed by atoms with Gasteiger partial charge in [-0.3, -0.25) is 9.78 Å². The number of nitrogens with two attached hydrogens (primary N) is 1. The Labute approximate surface area is 204 Å². The molecule has 6 heteroatoms. The molecule has 0 saturated heterocycles. The van der Waals surface area contributed by atoms with Crippen LogP contribution in [0.4, 0.5) is 0 Å². The van der Waals surface area contributed by atoms with Crippen molar-refractivity contribution in [1.29, 1.82) is 0 Å². The molecule has 0 spiro atoms. The van der Waals surface area contributed by atoms with Crippen LogP contribution in [0.5, 0.6) is 5.75 Å². The molecule has 2 N–H and O–H groups in total. The highest BCUT2D eigenvalue weighted by Gasteiger charge is 2.21. The van der Waals surface area contributed by atoms with Crippen LogP contribution in [0.15, 0.2) is 79.1 Å². The number of esters is 1. The number of carbonyl (C=O) groups is 2. The van der Waals surface area contributed by atoms with Gasteiger partial charge in [-0.1, -0.05) is 42.0 Å². The fourth-order valence-electron chi connectivity index (χ4n) is 4.06. The minimum absolute atomic E-state index is 0.0217. The minimum Gasteiger partial charge on any atom is -0.496 e. The van der Waals surface area contributed by atoms with E-state index in [1.165, 1.54) is 0 Å². The number of Topliss-reactive ketones (excluding diaryl/α,β-unsaturated/α-hetero) is 1. The van der Waals surface area contributed by atoms with Crippen molar-refractivity contribution in [2.24, 2.45) is 5.73 Å². The van der Waals surface area contributed by atoms with Crippen LogP contribution in [0.1, 0.15) is 38.5 Å². The number of nitrogens with zero attached hydrogens (tertiary/aromatic N) is 1. The highest BCUT2D eigenvalue weighted by Crippen LogP contribution is 2.27. The van der Waals surface area contributed by atoms with Gasteiger partial charge in [-0.2, -0.15) is 0 Å². The van der Waals surface area contributed by atoms with Crippen LogP contribution in [-0.2, 0) is 22.6 Å². The number of pyridine rings is 1. The van der Waals surface area contributed by atoms with Crippen LogP contribution in [-0.4, -0.2) is 30.4 Å². The van der Waals surface area contributed by atoms with Gasteiger partial charge in [-0.05, 0) is 53.8 Å². The first-order valence-electron chi connectivity index (χ1n) is 11.4. The van der Waals surface area contributed by atoms with E-state index in [1.807, 2.05) is 55.5 Å². The maximum Gasteiger partial charge on any atom is 0.338 e. The van der Waals surface area contributed by atoms with Crippen LogP contribution in [0.25, 0.3) is 10.8 Å². The second-order valence-corrected chi connectivity index (χ2v) is 8.50. The predicted octanol–water partition coefficient (Wildman–Crippen LogP) is 4.76. The molecule has 0 fully saturated rings. The van der Waals surface area contributed by atoms with E-state index in [0.717, 1.165) is 27.5 Å². The first-order valence-corrected chi connectivity index (χ1v) is 11.4. The molecule has 0 aliphatic carbocycles. The second-order valence-electron chi connectivity index (χ2n) is 8.50. The Bertz CT molecular complexity index is 1350. The van der Waals surface area contributed by atoms with Crippen molar-refractivity contribution in [3.63, 3.8) is 0 Å². The van der Waals surface area contributed by atoms with Crippen molar-refractivity contribution < 1.29 is 19.1 Å². The van der Waals surface area contributed by atoms with E-state index < -0.39 is 11.9 Å². The zero-order chi connectivity index (χ0) is 24.8. The van der Waals surface area contributed by atoms with Crippen LogP contribution in [0.3, 0.4) is 0 Å². The number of aryl methyl sites for hydroxylation is 1. The molecule has 35 heavy (non-hydrogen) atoms. The Morgan fingerprint density at radius 1 is 0.971 bits per heavy atom. The maximum absolute atomic E-state index is 13.2. The van der Waals surface area contributed by atoms with Crippen LogP contribution >= 0.6 is 0 Å². The third kappa shape index (κ3) is 5.73. The molecule has 1 heterocycles. The van der Waals surface area contributed by atoms with E-state index in [9.17, 15) is 9.59 Å². The average Bonchev–Trinajstić information content (AvgIpc) is 2.88. The fourth-order valence-corrected chi connectivity index (χ4v) is 4.06. The SMILES string of the molecule is COc1ccc(C(CN)C(=O)Cc2ccc3cnccc3c2)cc1COC(=O)c1ccc(C)cc1. The summed E-state index contributed by atoms with van der Waals surface area (Å²) in [5, 5.41) is 2.07. The quantitative estimate of drug-likeness (QED) is 0.356. The molecule has 0 aliphatic heterocycles. The maximum atomic E-state index is 13.2. The van der Waals surface area contributed by atoms with Crippen LogP contribution < -0.4 is 10.5 Å². The largest absolute Gasteiger partial charge is 0.496 e. The highest BCUT2D eigenvalue weighted by molar-refractivity contribution is 5.90. The van der Waals surface area contributed by atoms with Gasteiger partial charge in [0, 0.05) is 36.3 Å². The fraction of sp³-hybridized carbons (Fsp3) is 0.207. The molecule has 178 valence electrons. The van der Waals surface area contributed by atoms with Gasteiger partial charge < -0.3 is 15.2 Å². The number of hydrogen-bond acceptors (Lipinski definition) is 6. The third-order valence-electron chi connectivity index (χ3n) is 6.06. The first-order chi connectivity index (χ1) is 17.0. The summed E-state index contributed by atoms with van der Waals surface area (Å²) in [7, 11) is 1.56. The molecular formula is C29H28N2O4. The lowest BCUT2D eigenvalue weighted by Crippen LogP contribution is -2.23. The molecule has 6 nitrogen and oxygen atoms in total. The number of carbonyl (C=O) groups excluding carboxylic acids is 2. The van der Waals surface area contributed by atoms with Crippen LogP contribution in [0.2, 0.25) is 0 Å². The molecule has 0 amide bonds. The van der Waals surface area contributed by atoms with Gasteiger partial charge in [-0.15, -0.1) is 0 Å². The lowest BCUT2D eigenvalue weighted by Gasteiger charge is -2.17. The molecule has 1 aromatic heterocycles. The molecule has 0 bridgehead atoms. The molecule has 4 rings (SSSR count). The van der Waals surface area contributed by atoms with Crippen LogP contribution in [0, 0.1) is 6.92 Å². The van der Waals surface area contributed by atoms with Gasteiger partial charge in [0.25, 0.3) is 0 Å². The van der Waals surface area contributed by atoms with Gasteiger partial charge in [0.2, 0.25) is 0 Å². The van der Waals surface area contributed by atoms with Gasteiger partial charge in [0.15, 0.2) is 0 Å². The van der Waals surface area contributed by atoms with E-state index in [0.29, 0.717) is 16.9 Å². The Morgan fingerprint density at radius 2 is 1.77 bits per heavy atom. The van der Waals surface area contributed by atoms with Gasteiger partial charge in [0.05, 0.1) is 18.6 Å². The normalized spacial score (nSPS) is 11.7. The summed E-state index contributed by atoms with van der Waals surface area (Å²) in [6, 6.07) is 20.5. The minimum atomic E-state index is -0.486. The summed E-state index contributed by atoms with van der Waals surface area (Å²) in [6.07, 6.45) is 3.80. The first kappa shape index (κ1) is 24.1. The smallest absolute Gasteiger partial charge is 0.338 e. The van der Waals surface area contributed by atoms with Crippen molar-refractivity contribution in [3.8, 4) is 5.75 Å². The molecule has 0 radical (unpaired) electrons. The number of aromatic nitrogens is 1. The predicted molar refractivity (Wildman–Crippen MR) is 136 cm³/mol. The Morgan fingerprint density at radius 3 is 2.51 bits per heavy atom. The van der Waals surface area contributed by atoms with Gasteiger partial charge in [0.1, 0.15) is 18.1 Å². The molecule has 1 unspecified atom stereocenters. The standard InChI is InChI=1S/C29H28N2O4/c1-19-3-6-21(7-4-19)29(33)35-18-25-15-23(9-10-28(25)34-2)26(16-30)27(32)14-20-5-8-24-17-31-12-11-22(24)13-20/h3-13,15,17,26H,14,16,18,30H2,1-2H3. The van der Waals surface area contributed by atoms with Gasteiger partial charge in [-0.25, -0.2) is 4.79 Å². The Kier molecular flexibility index (Phi) is 7.53. The zero-order valence-electron chi connectivity index (χ0n) is 19.9. The molecule has 0 aliphatic rings. The lowest BCUT2D eigenvalue weighted by atomic mass is 9.89. The van der Waals surface area contributed by atoms with Crippen molar-refractivity contribution in [2.75, 3.05) is 13.7 Å². The number of rotatable bonds is 9. The number of benzene rings is 3. The summed E-state index contributed by atoms with van der Waals surface area (Å²) in [4.78, 5) is 29.8.